The molecule has 1 fully saturated rings. The van der Waals surface area contributed by atoms with Gasteiger partial charge < -0.3 is 30.0 Å². The van der Waals surface area contributed by atoms with Crippen LogP contribution in [0.4, 0.5) is 4.79 Å². The van der Waals surface area contributed by atoms with E-state index >= 15 is 0 Å². The van der Waals surface area contributed by atoms with E-state index in [1.54, 1.807) is 16.0 Å². The molecule has 14 nitrogen and oxygen atoms in total. The second kappa shape index (κ2) is 17.3. The minimum Gasteiger partial charge on any atom is -0.411 e. The van der Waals surface area contributed by atoms with E-state index in [9.17, 15) is 23.1 Å². The van der Waals surface area contributed by atoms with Crippen molar-refractivity contribution in [3.05, 3.63) is 89.9 Å². The van der Waals surface area contributed by atoms with Gasteiger partial charge in [-0.15, -0.1) is 0 Å². The number of nitrogens with one attached hydrogen (secondary N) is 1. The maximum absolute atomic E-state index is 14.4. The number of pyridine rings is 1. The summed E-state index contributed by atoms with van der Waals surface area (Å²) >= 11 is 0. The number of carbonyl (C=O) groups is 2. The van der Waals surface area contributed by atoms with E-state index in [2.05, 4.69) is 20.4 Å². The van der Waals surface area contributed by atoms with Crippen molar-refractivity contribution in [3.8, 4) is 0 Å². The van der Waals surface area contributed by atoms with Gasteiger partial charge in [0.25, 0.3) is 0 Å². The molecule has 15 heteroatoms. The highest BCUT2D eigenvalue weighted by molar-refractivity contribution is 7.89. The van der Waals surface area contributed by atoms with Gasteiger partial charge in [0.05, 0.1) is 29.8 Å². The van der Waals surface area contributed by atoms with E-state index in [0.29, 0.717) is 30.9 Å². The third-order valence-electron chi connectivity index (χ3n) is 9.74. The van der Waals surface area contributed by atoms with Crippen LogP contribution in [-0.2, 0) is 34.8 Å². The van der Waals surface area contributed by atoms with Crippen LogP contribution in [0.2, 0.25) is 0 Å². The van der Waals surface area contributed by atoms with E-state index in [1.807, 2.05) is 81.8 Å². The predicted octanol–water partition coefficient (Wildman–Crippen LogP) is 3.86. The molecule has 284 valence electrons. The van der Waals surface area contributed by atoms with Gasteiger partial charge in [-0.2, -0.15) is 4.31 Å². The summed E-state index contributed by atoms with van der Waals surface area (Å²) in [6.07, 6.45) is 2.44. The van der Waals surface area contributed by atoms with Gasteiger partial charge in [0.15, 0.2) is 5.65 Å². The van der Waals surface area contributed by atoms with Crippen LogP contribution in [0.3, 0.4) is 0 Å². The molecule has 3 heterocycles. The molecule has 0 aliphatic carbocycles. The Morgan fingerprint density at radius 2 is 1.75 bits per heavy atom. The topological polar surface area (TPSA) is 174 Å². The number of hydrogen-bond donors (Lipinski definition) is 3. The Balaban J connectivity index is 1.38. The number of benzene rings is 2. The molecule has 53 heavy (non-hydrogen) atoms. The first-order chi connectivity index (χ1) is 25.3. The molecule has 0 spiro atoms. The van der Waals surface area contributed by atoms with Gasteiger partial charge in [-0.1, -0.05) is 81.7 Å². The number of aromatic nitrogens is 3. The molecule has 0 radical (unpaired) electrons. The molecule has 0 bridgehead atoms. The average Bonchev–Trinajstić information content (AvgIpc) is 3.66. The van der Waals surface area contributed by atoms with Crippen LogP contribution in [0.15, 0.2) is 83.0 Å². The molecule has 3 amide bonds. The van der Waals surface area contributed by atoms with Gasteiger partial charge >= 0.3 is 6.03 Å². The first kappa shape index (κ1) is 39.3. The molecule has 3 N–H and O–H groups in total. The molecular weight excluding hydrogens is 697 g/mol. The fraction of sp³-hybridized carbons (Fsp3) is 0.447. The van der Waals surface area contributed by atoms with Crippen molar-refractivity contribution in [2.45, 2.75) is 70.2 Å². The Morgan fingerprint density at radius 3 is 2.40 bits per heavy atom. The van der Waals surface area contributed by atoms with Crippen LogP contribution < -0.4 is 5.32 Å². The monoisotopic (exact) mass is 746 g/mol. The SMILES string of the molecule is CC[C@H](C)[C@@H](C(=O)N[C@@H](Cc1ccccc1)[C@@H](O)CN(CC(C)C)S(=O)(=O)c1ccc(C=NO)cc1)N1CCN(Cc2nc3cccnc3n2C)C1=O. The number of amides is 3. The summed E-state index contributed by atoms with van der Waals surface area (Å²) in [7, 11) is -2.21. The van der Waals surface area contributed by atoms with Crippen molar-refractivity contribution < 1.29 is 28.3 Å². The molecule has 2 aromatic carbocycles. The Labute approximate surface area is 311 Å². The molecule has 0 unspecified atom stereocenters. The maximum atomic E-state index is 14.4. The molecular formula is C38H50N8O6S. The van der Waals surface area contributed by atoms with Gasteiger partial charge in [-0.3, -0.25) is 4.79 Å². The number of imidazole rings is 1. The zero-order valence-corrected chi connectivity index (χ0v) is 31.7. The smallest absolute Gasteiger partial charge is 0.321 e. The number of rotatable bonds is 17. The van der Waals surface area contributed by atoms with Crippen molar-refractivity contribution in [2.75, 3.05) is 26.2 Å². The fourth-order valence-corrected chi connectivity index (χ4v) is 8.32. The lowest BCUT2D eigenvalue weighted by Crippen LogP contribution is -2.57. The van der Waals surface area contributed by atoms with Crippen molar-refractivity contribution in [2.24, 2.45) is 24.0 Å². The van der Waals surface area contributed by atoms with Gasteiger partial charge in [-0.05, 0) is 53.6 Å². The predicted molar refractivity (Wildman–Crippen MR) is 202 cm³/mol. The van der Waals surface area contributed by atoms with Gasteiger partial charge in [-0.25, -0.2) is 23.2 Å². The summed E-state index contributed by atoms with van der Waals surface area (Å²) < 4.78 is 31.0. The zero-order valence-electron chi connectivity index (χ0n) is 30.9. The minimum absolute atomic E-state index is 0.0212. The Bertz CT molecular complexity index is 1990. The Morgan fingerprint density at radius 1 is 1.04 bits per heavy atom. The van der Waals surface area contributed by atoms with Gasteiger partial charge in [0.2, 0.25) is 15.9 Å². The number of hydrogen-bond acceptors (Lipinski definition) is 9. The normalized spacial score (nSPS) is 16.2. The van der Waals surface area contributed by atoms with Crippen LogP contribution in [0.5, 0.6) is 0 Å². The lowest BCUT2D eigenvalue weighted by molar-refractivity contribution is -0.128. The molecule has 1 aliphatic heterocycles. The van der Waals surface area contributed by atoms with E-state index in [0.717, 1.165) is 16.7 Å². The summed E-state index contributed by atoms with van der Waals surface area (Å²) in [4.78, 5) is 40.7. The Hall–Kier alpha value is -4.86. The summed E-state index contributed by atoms with van der Waals surface area (Å²) in [6, 6.07) is 17.0. The summed E-state index contributed by atoms with van der Waals surface area (Å²) in [5.74, 6) is -0.0227. The number of oxime groups is 1. The molecule has 5 rings (SSSR count). The number of nitrogens with zero attached hydrogens (tertiary/aromatic N) is 7. The third kappa shape index (κ3) is 9.21. The van der Waals surface area contributed by atoms with Crippen LogP contribution in [0, 0.1) is 11.8 Å². The van der Waals surface area contributed by atoms with Crippen molar-refractivity contribution in [1.29, 1.82) is 0 Å². The zero-order chi connectivity index (χ0) is 38.3. The van der Waals surface area contributed by atoms with Crippen molar-refractivity contribution >= 4 is 39.3 Å². The van der Waals surface area contributed by atoms with Crippen molar-refractivity contribution in [1.82, 2.24) is 34.0 Å². The van der Waals surface area contributed by atoms with E-state index < -0.39 is 34.1 Å². The minimum atomic E-state index is -4.07. The average molecular weight is 747 g/mol. The van der Waals surface area contributed by atoms with Crippen molar-refractivity contribution in [3.63, 3.8) is 0 Å². The first-order valence-corrected chi connectivity index (χ1v) is 19.4. The van der Waals surface area contributed by atoms with Gasteiger partial charge in [0.1, 0.15) is 17.4 Å². The molecule has 2 aromatic heterocycles. The summed E-state index contributed by atoms with van der Waals surface area (Å²) in [6.45, 7) is 8.50. The standard InChI is InChI=1S/C38H50N8O6S/c1-6-27(4)35(46-20-19-44(38(46)49)25-34-41-31-13-10-18-39-36(31)43(34)5)37(48)42-32(21-28-11-8-7-9-12-28)33(47)24-45(23-26(2)3)53(51,52)30-16-14-29(15-17-30)22-40-50/h7-18,22,26-27,32-33,35,47,50H,6,19-21,23-25H2,1-5H3,(H,42,48)/t27-,32-,33-,35-/m0/s1. The van der Waals surface area contributed by atoms with E-state index in [4.69, 9.17) is 5.21 Å². The number of fused-ring (bicyclic) bond motifs is 1. The van der Waals surface area contributed by atoms with Gasteiger partial charge in [0, 0.05) is 39.4 Å². The lowest BCUT2D eigenvalue weighted by Gasteiger charge is -2.35. The quantitative estimate of drug-likeness (QED) is 0.0830. The van der Waals surface area contributed by atoms with Crippen LogP contribution in [0.25, 0.3) is 11.2 Å². The highest BCUT2D eigenvalue weighted by atomic mass is 32.2. The van der Waals surface area contributed by atoms with E-state index in [1.165, 1.54) is 34.8 Å². The number of sulfonamides is 1. The third-order valence-corrected chi connectivity index (χ3v) is 11.6. The van der Waals surface area contributed by atoms with Crippen LogP contribution in [0.1, 0.15) is 51.1 Å². The maximum Gasteiger partial charge on any atom is 0.321 e. The fourth-order valence-electron chi connectivity index (χ4n) is 6.69. The van der Waals surface area contributed by atoms with Crippen LogP contribution >= 0.6 is 0 Å². The number of urea groups is 1. The highest BCUT2D eigenvalue weighted by Gasteiger charge is 2.41. The molecule has 0 saturated carbocycles. The molecule has 4 aromatic rings. The number of aliphatic hydroxyl groups is 1. The first-order valence-electron chi connectivity index (χ1n) is 18.0. The highest BCUT2D eigenvalue weighted by Crippen LogP contribution is 2.25. The largest absolute Gasteiger partial charge is 0.411 e. The second-order valence-corrected chi connectivity index (χ2v) is 16.0. The Kier molecular flexibility index (Phi) is 12.9. The number of carbonyl (C=O) groups excluding carboxylic acids is 2. The second-order valence-electron chi connectivity index (χ2n) is 14.1. The number of aliphatic hydroxyl groups excluding tert-OH is 1. The van der Waals surface area contributed by atoms with E-state index in [-0.39, 0.29) is 48.8 Å². The van der Waals surface area contributed by atoms with Crippen LogP contribution in [-0.4, -0.2) is 110 Å². The number of aryl methyl sites for hydroxylation is 1. The molecule has 1 saturated heterocycles. The molecule has 4 atom stereocenters. The summed E-state index contributed by atoms with van der Waals surface area (Å²) in [5, 5.41) is 26.8. The molecule has 1 aliphatic rings. The summed E-state index contributed by atoms with van der Waals surface area (Å²) in [5.41, 5.74) is 2.82. The lowest BCUT2D eigenvalue weighted by atomic mass is 9.95.